The third-order valence-corrected chi connectivity index (χ3v) is 2.87. The van der Waals surface area contributed by atoms with Gasteiger partial charge in [-0.25, -0.2) is 4.79 Å². The van der Waals surface area contributed by atoms with Crippen LogP contribution in [0.25, 0.3) is 0 Å². The molecule has 1 aromatic heterocycles. The van der Waals surface area contributed by atoms with Crippen LogP contribution in [0.15, 0.2) is 53.1 Å². The summed E-state index contributed by atoms with van der Waals surface area (Å²) in [6.07, 6.45) is -1.65. The van der Waals surface area contributed by atoms with Crippen molar-refractivity contribution in [3.63, 3.8) is 0 Å². The monoisotopic (exact) mass is 291 g/mol. The molecule has 2 rings (SSSR count). The van der Waals surface area contributed by atoms with Crippen molar-refractivity contribution < 1.29 is 24.2 Å². The standard InChI is InChI=1S/C15H17NO5/c17-12(14(18)13-7-4-8-20-13)9-16-15(19)21-10-11-5-2-1-3-6-11/h1-8,12,14,17-18H,9-10H2,(H,16,19). The van der Waals surface area contributed by atoms with Crippen LogP contribution in [-0.4, -0.2) is 29.0 Å². The number of hydrogen-bond acceptors (Lipinski definition) is 5. The highest BCUT2D eigenvalue weighted by atomic mass is 16.5. The van der Waals surface area contributed by atoms with Gasteiger partial charge in [-0.3, -0.25) is 0 Å². The molecule has 0 saturated carbocycles. The Kier molecular flexibility index (Phi) is 5.36. The summed E-state index contributed by atoms with van der Waals surface area (Å²) in [6.45, 7) is -0.000996. The second-order valence-electron chi connectivity index (χ2n) is 4.47. The van der Waals surface area contributed by atoms with E-state index in [0.29, 0.717) is 0 Å². The smallest absolute Gasteiger partial charge is 0.407 e. The molecular weight excluding hydrogens is 274 g/mol. The number of nitrogens with one attached hydrogen (secondary N) is 1. The number of carbonyl (C=O) groups is 1. The van der Waals surface area contributed by atoms with Gasteiger partial charge in [0.25, 0.3) is 0 Å². The van der Waals surface area contributed by atoms with Crippen LogP contribution < -0.4 is 5.32 Å². The van der Waals surface area contributed by atoms with Crippen LogP contribution >= 0.6 is 0 Å². The predicted molar refractivity (Wildman–Crippen MR) is 74.3 cm³/mol. The van der Waals surface area contributed by atoms with E-state index in [1.807, 2.05) is 30.3 Å². The van der Waals surface area contributed by atoms with E-state index in [-0.39, 0.29) is 18.9 Å². The molecule has 0 bridgehead atoms. The van der Waals surface area contributed by atoms with Gasteiger partial charge in [0.05, 0.1) is 6.26 Å². The minimum Gasteiger partial charge on any atom is -0.466 e. The fourth-order valence-electron chi connectivity index (χ4n) is 1.72. The molecule has 0 saturated heterocycles. The number of ether oxygens (including phenoxy) is 1. The summed E-state index contributed by atoms with van der Waals surface area (Å²) in [4.78, 5) is 11.5. The fourth-order valence-corrected chi connectivity index (χ4v) is 1.72. The number of amides is 1. The topological polar surface area (TPSA) is 91.9 Å². The number of benzene rings is 1. The summed E-state index contributed by atoms with van der Waals surface area (Å²) >= 11 is 0. The van der Waals surface area contributed by atoms with Gasteiger partial charge in [-0.1, -0.05) is 30.3 Å². The molecule has 0 aliphatic carbocycles. The van der Waals surface area contributed by atoms with E-state index in [1.165, 1.54) is 6.26 Å². The first-order valence-corrected chi connectivity index (χ1v) is 6.51. The third-order valence-electron chi connectivity index (χ3n) is 2.87. The Bertz CT molecular complexity index is 540. The summed E-state index contributed by atoms with van der Waals surface area (Å²) in [5.41, 5.74) is 0.865. The maximum atomic E-state index is 11.5. The second kappa shape index (κ2) is 7.47. The molecule has 21 heavy (non-hydrogen) atoms. The summed E-state index contributed by atoms with van der Waals surface area (Å²) < 4.78 is 9.96. The highest BCUT2D eigenvalue weighted by Gasteiger charge is 2.21. The number of alkyl carbamates (subject to hydrolysis) is 1. The largest absolute Gasteiger partial charge is 0.466 e. The molecule has 1 aromatic carbocycles. The number of carbonyl (C=O) groups excluding carboxylic acids is 1. The molecule has 1 heterocycles. The minimum absolute atomic E-state index is 0.142. The van der Waals surface area contributed by atoms with Crippen LogP contribution in [0.2, 0.25) is 0 Å². The lowest BCUT2D eigenvalue weighted by Gasteiger charge is -2.16. The average molecular weight is 291 g/mol. The van der Waals surface area contributed by atoms with Crippen molar-refractivity contribution in [1.29, 1.82) is 0 Å². The Morgan fingerprint density at radius 1 is 1.19 bits per heavy atom. The first-order valence-electron chi connectivity index (χ1n) is 6.51. The quantitative estimate of drug-likeness (QED) is 0.752. The summed E-state index contributed by atoms with van der Waals surface area (Å²) in [5.74, 6) is 0.238. The lowest BCUT2D eigenvalue weighted by Crippen LogP contribution is -2.35. The molecule has 6 nitrogen and oxygen atoms in total. The Morgan fingerprint density at radius 2 is 1.95 bits per heavy atom. The number of rotatable bonds is 6. The Labute approximate surface area is 122 Å². The SMILES string of the molecule is O=C(NCC(O)C(O)c1ccco1)OCc1ccccc1. The summed E-state index contributed by atoms with van der Waals surface area (Å²) in [5, 5.41) is 21.9. The zero-order valence-electron chi connectivity index (χ0n) is 11.3. The van der Waals surface area contributed by atoms with Crippen LogP contribution in [0.5, 0.6) is 0 Å². The lowest BCUT2D eigenvalue weighted by molar-refractivity contribution is 0.00596. The molecule has 2 unspecified atom stereocenters. The summed E-state index contributed by atoms with van der Waals surface area (Å²) in [6, 6.07) is 12.4. The molecule has 2 aromatic rings. The second-order valence-corrected chi connectivity index (χ2v) is 4.47. The van der Waals surface area contributed by atoms with E-state index >= 15 is 0 Å². The van der Waals surface area contributed by atoms with E-state index in [1.54, 1.807) is 12.1 Å². The molecule has 0 spiro atoms. The van der Waals surface area contributed by atoms with Gasteiger partial charge < -0.3 is 24.7 Å². The molecule has 0 radical (unpaired) electrons. The zero-order chi connectivity index (χ0) is 15.1. The van der Waals surface area contributed by atoms with Crippen molar-refractivity contribution in [3.05, 3.63) is 60.1 Å². The molecule has 112 valence electrons. The molecule has 6 heteroatoms. The predicted octanol–water partition coefficient (Wildman–Crippen LogP) is 1.60. The number of aliphatic hydroxyl groups excluding tert-OH is 2. The van der Waals surface area contributed by atoms with Crippen molar-refractivity contribution in [2.75, 3.05) is 6.54 Å². The van der Waals surface area contributed by atoms with Gasteiger partial charge in [0.2, 0.25) is 0 Å². The zero-order valence-corrected chi connectivity index (χ0v) is 11.3. The van der Waals surface area contributed by atoms with Crippen LogP contribution in [0.4, 0.5) is 4.79 Å². The Morgan fingerprint density at radius 3 is 2.62 bits per heavy atom. The average Bonchev–Trinajstić information content (AvgIpc) is 3.05. The lowest BCUT2D eigenvalue weighted by atomic mass is 10.1. The van der Waals surface area contributed by atoms with Crippen molar-refractivity contribution in [2.24, 2.45) is 0 Å². The Balaban J connectivity index is 1.71. The molecule has 0 aliphatic rings. The van der Waals surface area contributed by atoms with E-state index in [2.05, 4.69) is 5.32 Å². The van der Waals surface area contributed by atoms with Gasteiger partial charge in [-0.05, 0) is 17.7 Å². The van der Waals surface area contributed by atoms with E-state index in [0.717, 1.165) is 5.56 Å². The molecule has 1 amide bonds. The molecule has 2 atom stereocenters. The highest BCUT2D eigenvalue weighted by Crippen LogP contribution is 2.16. The minimum atomic E-state index is -1.20. The first-order chi connectivity index (χ1) is 10.2. The Hall–Kier alpha value is -2.31. The van der Waals surface area contributed by atoms with Gasteiger partial charge in [0.1, 0.15) is 24.6 Å². The van der Waals surface area contributed by atoms with Crippen LogP contribution in [0.3, 0.4) is 0 Å². The van der Waals surface area contributed by atoms with E-state index in [9.17, 15) is 15.0 Å². The van der Waals surface area contributed by atoms with Crippen LogP contribution in [0.1, 0.15) is 17.4 Å². The van der Waals surface area contributed by atoms with Gasteiger partial charge in [-0.15, -0.1) is 0 Å². The number of hydrogen-bond donors (Lipinski definition) is 3. The maximum absolute atomic E-state index is 11.5. The van der Waals surface area contributed by atoms with Crippen molar-refractivity contribution >= 4 is 6.09 Å². The van der Waals surface area contributed by atoms with Crippen molar-refractivity contribution in [2.45, 2.75) is 18.8 Å². The number of aliphatic hydroxyl groups is 2. The molecule has 0 fully saturated rings. The van der Waals surface area contributed by atoms with Gasteiger partial charge in [-0.2, -0.15) is 0 Å². The van der Waals surface area contributed by atoms with Crippen molar-refractivity contribution in [3.8, 4) is 0 Å². The molecular formula is C15H17NO5. The maximum Gasteiger partial charge on any atom is 0.407 e. The highest BCUT2D eigenvalue weighted by molar-refractivity contribution is 5.67. The molecule has 3 N–H and O–H groups in total. The van der Waals surface area contributed by atoms with Gasteiger partial charge >= 0.3 is 6.09 Å². The number of furan rings is 1. The normalized spacial score (nSPS) is 13.4. The first kappa shape index (κ1) is 15.1. The third kappa shape index (κ3) is 4.62. The van der Waals surface area contributed by atoms with Gasteiger partial charge in [0, 0.05) is 6.54 Å². The molecule has 0 aliphatic heterocycles. The van der Waals surface area contributed by atoms with Crippen molar-refractivity contribution in [1.82, 2.24) is 5.32 Å². The van der Waals surface area contributed by atoms with E-state index in [4.69, 9.17) is 9.15 Å². The van der Waals surface area contributed by atoms with E-state index < -0.39 is 18.3 Å². The van der Waals surface area contributed by atoms with Crippen LogP contribution in [-0.2, 0) is 11.3 Å². The summed E-state index contributed by atoms with van der Waals surface area (Å²) in [7, 11) is 0. The van der Waals surface area contributed by atoms with Gasteiger partial charge in [0.15, 0.2) is 0 Å². The fraction of sp³-hybridized carbons (Fsp3) is 0.267. The van der Waals surface area contributed by atoms with Crippen LogP contribution in [0, 0.1) is 0 Å².